The molecule has 19 heavy (non-hydrogen) atoms. The summed E-state index contributed by atoms with van der Waals surface area (Å²) in [5.74, 6) is 1.95. The molecule has 2 aromatic rings. The minimum absolute atomic E-state index is 0.689. The normalized spacial score (nSPS) is 13.4. The van der Waals surface area contributed by atoms with E-state index in [1.54, 1.807) is 6.26 Å². The molecule has 1 N–H and O–H groups in total. The number of rotatable bonds is 4. The van der Waals surface area contributed by atoms with E-state index in [4.69, 9.17) is 9.15 Å². The molecule has 1 aliphatic heterocycles. The standard InChI is InChI=1S/C14H13Br2NO2/c15-11-5-9-1-3-19-14(9)10(6-11)7-17-8-13-12(16)2-4-18-13/h2,4-6,17H,1,3,7-8H2. The van der Waals surface area contributed by atoms with Gasteiger partial charge in [-0.15, -0.1) is 0 Å². The monoisotopic (exact) mass is 385 g/mol. The molecule has 0 radical (unpaired) electrons. The summed E-state index contributed by atoms with van der Waals surface area (Å²) < 4.78 is 13.2. The van der Waals surface area contributed by atoms with Crippen LogP contribution in [0.3, 0.4) is 0 Å². The highest BCUT2D eigenvalue weighted by Crippen LogP contribution is 2.33. The predicted octanol–water partition coefficient (Wildman–Crippen LogP) is 4.03. The molecule has 2 heterocycles. The zero-order valence-electron chi connectivity index (χ0n) is 10.2. The highest BCUT2D eigenvalue weighted by atomic mass is 79.9. The SMILES string of the molecule is Brc1cc2c(c(CNCc3occc3Br)c1)OCC2. The van der Waals surface area contributed by atoms with Crippen LogP contribution in [0.25, 0.3) is 0 Å². The first kappa shape index (κ1) is 13.2. The van der Waals surface area contributed by atoms with Crippen LogP contribution in [0.2, 0.25) is 0 Å². The second kappa shape index (κ2) is 5.69. The molecule has 0 saturated heterocycles. The van der Waals surface area contributed by atoms with Crippen LogP contribution in [0.1, 0.15) is 16.9 Å². The fraction of sp³-hybridized carbons (Fsp3) is 0.286. The summed E-state index contributed by atoms with van der Waals surface area (Å²) in [5.41, 5.74) is 2.47. The van der Waals surface area contributed by atoms with Gasteiger partial charge in [-0.1, -0.05) is 15.9 Å². The van der Waals surface area contributed by atoms with Gasteiger partial charge in [0.15, 0.2) is 0 Å². The molecular weight excluding hydrogens is 374 g/mol. The molecule has 0 unspecified atom stereocenters. The first-order valence-electron chi connectivity index (χ1n) is 6.11. The lowest BCUT2D eigenvalue weighted by Crippen LogP contribution is -2.13. The first-order chi connectivity index (χ1) is 9.24. The van der Waals surface area contributed by atoms with Gasteiger partial charge in [-0.3, -0.25) is 0 Å². The van der Waals surface area contributed by atoms with Gasteiger partial charge in [0, 0.05) is 23.0 Å². The smallest absolute Gasteiger partial charge is 0.131 e. The molecule has 3 nitrogen and oxygen atoms in total. The molecule has 0 atom stereocenters. The van der Waals surface area contributed by atoms with Crippen molar-refractivity contribution >= 4 is 31.9 Å². The van der Waals surface area contributed by atoms with Gasteiger partial charge in [0.25, 0.3) is 0 Å². The Morgan fingerprint density at radius 1 is 1.21 bits per heavy atom. The number of hydrogen-bond acceptors (Lipinski definition) is 3. The van der Waals surface area contributed by atoms with Crippen LogP contribution in [0.5, 0.6) is 5.75 Å². The molecule has 0 aliphatic carbocycles. The van der Waals surface area contributed by atoms with Crippen molar-refractivity contribution in [3.8, 4) is 5.75 Å². The molecule has 0 fully saturated rings. The second-order valence-electron chi connectivity index (χ2n) is 4.45. The predicted molar refractivity (Wildman–Crippen MR) is 80.3 cm³/mol. The maximum atomic E-state index is 5.70. The van der Waals surface area contributed by atoms with E-state index in [-0.39, 0.29) is 0 Å². The van der Waals surface area contributed by atoms with Crippen molar-refractivity contribution in [2.75, 3.05) is 6.61 Å². The number of furan rings is 1. The van der Waals surface area contributed by atoms with Gasteiger partial charge in [-0.05, 0) is 39.7 Å². The Bertz CT molecular complexity index is 595. The van der Waals surface area contributed by atoms with E-state index in [2.05, 4.69) is 49.3 Å². The van der Waals surface area contributed by atoms with Crippen molar-refractivity contribution < 1.29 is 9.15 Å². The zero-order chi connectivity index (χ0) is 13.2. The number of hydrogen-bond donors (Lipinski definition) is 1. The average Bonchev–Trinajstić information content (AvgIpc) is 2.98. The van der Waals surface area contributed by atoms with Crippen LogP contribution in [-0.2, 0) is 19.5 Å². The Labute approximate surface area is 128 Å². The molecule has 100 valence electrons. The summed E-state index contributed by atoms with van der Waals surface area (Å²) in [6.45, 7) is 2.23. The fourth-order valence-electron chi connectivity index (χ4n) is 2.24. The molecule has 3 rings (SSSR count). The summed E-state index contributed by atoms with van der Waals surface area (Å²) in [6.07, 6.45) is 2.67. The maximum absolute atomic E-state index is 5.70. The van der Waals surface area contributed by atoms with E-state index in [0.29, 0.717) is 6.54 Å². The van der Waals surface area contributed by atoms with Crippen LogP contribution < -0.4 is 10.1 Å². The van der Waals surface area contributed by atoms with Crippen LogP contribution >= 0.6 is 31.9 Å². The van der Waals surface area contributed by atoms with Gasteiger partial charge in [0.2, 0.25) is 0 Å². The van der Waals surface area contributed by atoms with Gasteiger partial charge >= 0.3 is 0 Å². The Kier molecular flexibility index (Phi) is 3.96. The Balaban J connectivity index is 1.69. The third-order valence-electron chi connectivity index (χ3n) is 3.12. The van der Waals surface area contributed by atoms with Crippen LogP contribution in [0, 0.1) is 0 Å². The summed E-state index contributed by atoms with van der Waals surface area (Å²) >= 11 is 7.00. The summed E-state index contributed by atoms with van der Waals surface area (Å²) in [7, 11) is 0. The van der Waals surface area contributed by atoms with Gasteiger partial charge < -0.3 is 14.5 Å². The molecule has 0 spiro atoms. The number of ether oxygens (including phenoxy) is 1. The average molecular weight is 387 g/mol. The highest BCUT2D eigenvalue weighted by Gasteiger charge is 2.17. The third kappa shape index (κ3) is 2.88. The van der Waals surface area contributed by atoms with E-state index in [9.17, 15) is 0 Å². The Morgan fingerprint density at radius 2 is 2.11 bits per heavy atom. The summed E-state index contributed by atoms with van der Waals surface area (Å²) in [4.78, 5) is 0. The molecule has 0 bridgehead atoms. The second-order valence-corrected chi connectivity index (χ2v) is 6.22. The lowest BCUT2D eigenvalue weighted by molar-refractivity contribution is 0.352. The summed E-state index contributed by atoms with van der Waals surface area (Å²) in [5, 5.41) is 3.38. The van der Waals surface area contributed by atoms with Crippen LogP contribution in [0.4, 0.5) is 0 Å². The molecule has 1 aromatic carbocycles. The quantitative estimate of drug-likeness (QED) is 0.861. The van der Waals surface area contributed by atoms with E-state index in [1.165, 1.54) is 11.1 Å². The highest BCUT2D eigenvalue weighted by molar-refractivity contribution is 9.10. The topological polar surface area (TPSA) is 34.4 Å². The van der Waals surface area contributed by atoms with Crippen molar-refractivity contribution in [3.63, 3.8) is 0 Å². The summed E-state index contributed by atoms with van der Waals surface area (Å²) in [6, 6.07) is 6.14. The van der Waals surface area contributed by atoms with E-state index in [1.807, 2.05) is 6.07 Å². The van der Waals surface area contributed by atoms with Crippen LogP contribution in [-0.4, -0.2) is 6.61 Å². The third-order valence-corrected chi connectivity index (χ3v) is 4.28. The van der Waals surface area contributed by atoms with Gasteiger partial charge in [0.1, 0.15) is 11.5 Å². The maximum Gasteiger partial charge on any atom is 0.131 e. The van der Waals surface area contributed by atoms with Gasteiger partial charge in [-0.25, -0.2) is 0 Å². The molecular formula is C14H13Br2NO2. The van der Waals surface area contributed by atoms with Crippen molar-refractivity contribution in [2.24, 2.45) is 0 Å². The number of benzene rings is 1. The van der Waals surface area contributed by atoms with E-state index < -0.39 is 0 Å². The molecule has 0 saturated carbocycles. The van der Waals surface area contributed by atoms with Gasteiger partial charge in [0.05, 0.1) is 23.9 Å². The number of nitrogens with one attached hydrogen (secondary N) is 1. The Morgan fingerprint density at radius 3 is 2.89 bits per heavy atom. The van der Waals surface area contributed by atoms with Crippen molar-refractivity contribution in [1.82, 2.24) is 5.32 Å². The van der Waals surface area contributed by atoms with Crippen molar-refractivity contribution in [3.05, 3.63) is 50.3 Å². The molecule has 1 aromatic heterocycles. The molecule has 1 aliphatic rings. The minimum atomic E-state index is 0.689. The number of halogens is 2. The zero-order valence-corrected chi connectivity index (χ0v) is 13.4. The Hall–Kier alpha value is -0.780. The fourth-order valence-corrected chi connectivity index (χ4v) is 3.13. The molecule has 5 heteroatoms. The number of fused-ring (bicyclic) bond motifs is 1. The van der Waals surface area contributed by atoms with Crippen molar-refractivity contribution in [1.29, 1.82) is 0 Å². The van der Waals surface area contributed by atoms with Crippen LogP contribution in [0.15, 0.2) is 37.8 Å². The van der Waals surface area contributed by atoms with Gasteiger partial charge in [-0.2, -0.15) is 0 Å². The van der Waals surface area contributed by atoms with E-state index in [0.717, 1.165) is 40.0 Å². The largest absolute Gasteiger partial charge is 0.493 e. The lowest BCUT2D eigenvalue weighted by atomic mass is 10.1. The van der Waals surface area contributed by atoms with E-state index >= 15 is 0 Å². The van der Waals surface area contributed by atoms with Crippen molar-refractivity contribution in [2.45, 2.75) is 19.5 Å². The molecule has 0 amide bonds. The first-order valence-corrected chi connectivity index (χ1v) is 7.69. The lowest BCUT2D eigenvalue weighted by Gasteiger charge is -2.10. The minimum Gasteiger partial charge on any atom is -0.493 e.